The van der Waals surface area contributed by atoms with E-state index in [-0.39, 0.29) is 18.5 Å². The minimum atomic E-state index is -0.163. The quantitative estimate of drug-likeness (QED) is 0.367. The fraction of sp³-hybridized carbons (Fsp3) is 0.160. The number of fused-ring (bicyclic) bond motifs is 1. The van der Waals surface area contributed by atoms with Crippen LogP contribution in [0, 0.1) is 0 Å². The minimum absolute atomic E-state index is 0.159. The Morgan fingerprint density at radius 3 is 2.68 bits per heavy atom. The summed E-state index contributed by atoms with van der Waals surface area (Å²) < 4.78 is 18.5. The van der Waals surface area contributed by atoms with E-state index >= 15 is 0 Å². The Bertz CT molecular complexity index is 1310. The molecule has 8 nitrogen and oxygen atoms in total. The second kappa shape index (κ2) is 9.88. The summed E-state index contributed by atoms with van der Waals surface area (Å²) in [6, 6.07) is 22.8. The summed E-state index contributed by atoms with van der Waals surface area (Å²) in [5.74, 6) is 2.65. The van der Waals surface area contributed by atoms with Crippen molar-refractivity contribution in [2.75, 3.05) is 24.5 Å². The number of rotatable bonds is 8. The number of carbonyl (C=O) groups is 1. The Kier molecular flexibility index (Phi) is 6.35. The zero-order valence-corrected chi connectivity index (χ0v) is 19.2. The molecule has 0 atom stereocenters. The molecule has 9 heteroatoms. The maximum absolute atomic E-state index is 12.7. The highest BCUT2D eigenvalue weighted by molar-refractivity contribution is 7.99. The number of hydrogen-bond acceptors (Lipinski definition) is 7. The lowest BCUT2D eigenvalue weighted by molar-refractivity contribution is -0.113. The van der Waals surface area contributed by atoms with E-state index in [1.54, 1.807) is 0 Å². The zero-order valence-electron chi connectivity index (χ0n) is 18.4. The van der Waals surface area contributed by atoms with Gasteiger partial charge >= 0.3 is 0 Å². The third kappa shape index (κ3) is 4.55. The van der Waals surface area contributed by atoms with Crippen LogP contribution < -0.4 is 19.5 Å². The summed E-state index contributed by atoms with van der Waals surface area (Å²) in [4.78, 5) is 12.7. The van der Waals surface area contributed by atoms with Crippen LogP contribution in [0.15, 0.2) is 78.0 Å². The SMILES string of the molecule is CCOc1ccccc1NC(=O)CSc1nnc(-c2ccc3c(c2)OCO3)n1-c1ccccc1. The predicted molar refractivity (Wildman–Crippen MR) is 130 cm³/mol. The van der Waals surface area contributed by atoms with E-state index in [1.807, 2.05) is 84.3 Å². The van der Waals surface area contributed by atoms with Crippen LogP contribution in [0.5, 0.6) is 17.2 Å². The van der Waals surface area contributed by atoms with E-state index in [0.29, 0.717) is 40.5 Å². The van der Waals surface area contributed by atoms with Gasteiger partial charge in [0.25, 0.3) is 0 Å². The van der Waals surface area contributed by atoms with Crippen molar-refractivity contribution in [3.8, 4) is 34.3 Å². The van der Waals surface area contributed by atoms with Crippen molar-refractivity contribution in [3.63, 3.8) is 0 Å². The van der Waals surface area contributed by atoms with Gasteiger partial charge in [0.1, 0.15) is 5.75 Å². The number of aromatic nitrogens is 3. The molecule has 172 valence electrons. The molecule has 1 aliphatic rings. The summed E-state index contributed by atoms with van der Waals surface area (Å²) in [5.41, 5.74) is 2.37. The summed E-state index contributed by atoms with van der Waals surface area (Å²) in [7, 11) is 0. The van der Waals surface area contributed by atoms with Gasteiger partial charge in [0.05, 0.1) is 18.0 Å². The van der Waals surface area contributed by atoms with Crippen molar-refractivity contribution in [3.05, 3.63) is 72.8 Å². The van der Waals surface area contributed by atoms with Crippen LogP contribution in [0.3, 0.4) is 0 Å². The van der Waals surface area contributed by atoms with E-state index in [1.165, 1.54) is 11.8 Å². The first-order chi connectivity index (χ1) is 16.7. The van der Waals surface area contributed by atoms with Gasteiger partial charge in [-0.05, 0) is 49.4 Å². The molecule has 2 heterocycles. The first kappa shape index (κ1) is 21.8. The lowest BCUT2D eigenvalue weighted by Gasteiger charge is -2.12. The second-order valence-electron chi connectivity index (χ2n) is 7.31. The molecule has 1 aromatic heterocycles. The van der Waals surface area contributed by atoms with Crippen LogP contribution in [0.2, 0.25) is 0 Å². The predicted octanol–water partition coefficient (Wildman–Crippen LogP) is 4.79. The van der Waals surface area contributed by atoms with E-state index in [2.05, 4.69) is 15.5 Å². The van der Waals surface area contributed by atoms with E-state index < -0.39 is 0 Å². The van der Waals surface area contributed by atoms with Gasteiger partial charge < -0.3 is 19.5 Å². The van der Waals surface area contributed by atoms with Crippen LogP contribution in [-0.4, -0.2) is 39.8 Å². The van der Waals surface area contributed by atoms with Crippen molar-refractivity contribution in [1.29, 1.82) is 0 Å². The number of carbonyl (C=O) groups excluding carboxylic acids is 1. The normalized spacial score (nSPS) is 11.9. The Morgan fingerprint density at radius 1 is 1.03 bits per heavy atom. The highest BCUT2D eigenvalue weighted by Gasteiger charge is 2.20. The molecular formula is C25H22N4O4S. The summed E-state index contributed by atoms with van der Waals surface area (Å²) in [6.07, 6.45) is 0. The van der Waals surface area contributed by atoms with Gasteiger partial charge in [-0.1, -0.05) is 42.1 Å². The molecule has 5 rings (SSSR count). The monoisotopic (exact) mass is 474 g/mol. The first-order valence-corrected chi connectivity index (χ1v) is 11.8. The number of anilines is 1. The maximum atomic E-state index is 12.7. The second-order valence-corrected chi connectivity index (χ2v) is 8.25. The van der Waals surface area contributed by atoms with Gasteiger partial charge in [0.2, 0.25) is 12.7 Å². The Hall–Kier alpha value is -3.98. The van der Waals surface area contributed by atoms with Gasteiger partial charge in [-0.15, -0.1) is 10.2 Å². The topological polar surface area (TPSA) is 87.5 Å². The molecule has 1 aliphatic heterocycles. The Balaban J connectivity index is 1.40. The molecule has 0 aliphatic carbocycles. The van der Waals surface area contributed by atoms with Crippen LogP contribution >= 0.6 is 11.8 Å². The van der Waals surface area contributed by atoms with Crippen LogP contribution in [0.1, 0.15) is 6.92 Å². The van der Waals surface area contributed by atoms with Gasteiger partial charge in [-0.2, -0.15) is 0 Å². The smallest absolute Gasteiger partial charge is 0.234 e. The summed E-state index contributed by atoms with van der Waals surface area (Å²) in [5, 5.41) is 12.3. The fourth-order valence-corrected chi connectivity index (χ4v) is 4.32. The van der Waals surface area contributed by atoms with Gasteiger partial charge in [0, 0.05) is 11.3 Å². The number of para-hydroxylation sites is 3. The van der Waals surface area contributed by atoms with Crippen LogP contribution in [-0.2, 0) is 4.79 Å². The Morgan fingerprint density at radius 2 is 1.82 bits per heavy atom. The molecule has 0 bridgehead atoms. The van der Waals surface area contributed by atoms with Crippen molar-refractivity contribution in [2.45, 2.75) is 12.1 Å². The van der Waals surface area contributed by atoms with Crippen LogP contribution in [0.25, 0.3) is 17.1 Å². The van der Waals surface area contributed by atoms with E-state index in [4.69, 9.17) is 14.2 Å². The Labute approximate surface area is 200 Å². The van der Waals surface area contributed by atoms with Crippen molar-refractivity contribution < 1.29 is 19.0 Å². The van der Waals surface area contributed by atoms with Crippen molar-refractivity contribution in [2.24, 2.45) is 0 Å². The lowest BCUT2D eigenvalue weighted by atomic mass is 10.2. The molecular weight excluding hydrogens is 452 g/mol. The minimum Gasteiger partial charge on any atom is -0.492 e. The van der Waals surface area contributed by atoms with E-state index in [9.17, 15) is 4.79 Å². The highest BCUT2D eigenvalue weighted by Crippen LogP contribution is 2.37. The van der Waals surface area contributed by atoms with Crippen LogP contribution in [0.4, 0.5) is 5.69 Å². The highest BCUT2D eigenvalue weighted by atomic mass is 32.2. The molecule has 34 heavy (non-hydrogen) atoms. The average molecular weight is 475 g/mol. The van der Waals surface area contributed by atoms with Gasteiger partial charge in [-0.25, -0.2) is 0 Å². The lowest BCUT2D eigenvalue weighted by Crippen LogP contribution is -2.15. The number of hydrogen-bond donors (Lipinski definition) is 1. The molecule has 1 N–H and O–H groups in total. The molecule has 0 radical (unpaired) electrons. The number of amides is 1. The molecule has 0 saturated carbocycles. The van der Waals surface area contributed by atoms with Crippen molar-refractivity contribution in [1.82, 2.24) is 14.8 Å². The average Bonchev–Trinajstić information content (AvgIpc) is 3.51. The maximum Gasteiger partial charge on any atom is 0.234 e. The molecule has 1 amide bonds. The van der Waals surface area contributed by atoms with E-state index in [0.717, 1.165) is 11.3 Å². The summed E-state index contributed by atoms with van der Waals surface area (Å²) >= 11 is 1.31. The van der Waals surface area contributed by atoms with Crippen molar-refractivity contribution >= 4 is 23.4 Å². The largest absolute Gasteiger partial charge is 0.492 e. The number of nitrogens with zero attached hydrogens (tertiary/aromatic N) is 3. The van der Waals surface area contributed by atoms with Gasteiger partial charge in [-0.3, -0.25) is 9.36 Å². The number of ether oxygens (including phenoxy) is 3. The number of benzene rings is 3. The summed E-state index contributed by atoms with van der Waals surface area (Å²) in [6.45, 7) is 2.62. The number of thioether (sulfide) groups is 1. The molecule has 3 aromatic carbocycles. The third-order valence-electron chi connectivity index (χ3n) is 5.07. The number of nitrogens with one attached hydrogen (secondary N) is 1. The molecule has 0 fully saturated rings. The molecule has 0 unspecified atom stereocenters. The first-order valence-electron chi connectivity index (χ1n) is 10.8. The standard InChI is InChI=1S/C25H22N4O4S/c1-2-31-20-11-7-6-10-19(20)26-23(30)15-34-25-28-27-24(29(25)18-8-4-3-5-9-18)17-12-13-21-22(14-17)33-16-32-21/h3-14H,2,15-16H2,1H3,(H,26,30). The fourth-order valence-electron chi connectivity index (χ4n) is 3.56. The van der Waals surface area contributed by atoms with Gasteiger partial charge in [0.15, 0.2) is 22.5 Å². The molecule has 4 aromatic rings. The molecule has 0 spiro atoms. The third-order valence-corrected chi connectivity index (χ3v) is 6.00. The zero-order chi connectivity index (χ0) is 23.3. The molecule has 0 saturated heterocycles.